The number of benzene rings is 3. The second kappa shape index (κ2) is 11.6. The monoisotopic (exact) mass is 619 g/mol. The van der Waals surface area contributed by atoms with Crippen LogP contribution in [0.5, 0.6) is 5.75 Å². The van der Waals surface area contributed by atoms with Crippen molar-refractivity contribution in [3.8, 4) is 5.75 Å². The van der Waals surface area contributed by atoms with Crippen molar-refractivity contribution in [1.82, 2.24) is 9.91 Å². The van der Waals surface area contributed by atoms with Crippen LogP contribution >= 0.6 is 0 Å². The molecule has 9 heteroatoms. The molecule has 7 rings (SSSR count). The van der Waals surface area contributed by atoms with Gasteiger partial charge in [0.15, 0.2) is 0 Å². The predicted molar refractivity (Wildman–Crippen MR) is 170 cm³/mol. The van der Waals surface area contributed by atoms with Crippen LogP contribution in [0.25, 0.3) is 0 Å². The Morgan fingerprint density at radius 3 is 2.33 bits per heavy atom. The van der Waals surface area contributed by atoms with Gasteiger partial charge in [-0.3, -0.25) is 29.5 Å². The lowest BCUT2D eigenvalue weighted by Crippen LogP contribution is -2.53. The van der Waals surface area contributed by atoms with Crippen molar-refractivity contribution in [2.75, 3.05) is 25.2 Å². The fourth-order valence-electron chi connectivity index (χ4n) is 8.47. The maximum atomic E-state index is 15.2. The number of amides is 4. The first kappa shape index (κ1) is 29.9. The smallest absolute Gasteiger partial charge is 0.260 e. The number of aliphatic hydroxyl groups is 1. The molecule has 0 bridgehead atoms. The molecule has 0 spiro atoms. The van der Waals surface area contributed by atoms with Crippen molar-refractivity contribution >= 4 is 29.3 Å². The Morgan fingerprint density at radius 2 is 1.61 bits per heavy atom. The standard InChI is InChI=1S/C37H37N3O6/c1-3-39-33(42)27-18-17-25-28(31(27)35(39)44)21-29-34(43)40(38-24-15-13-22(2)14-16-24)36(45)37(29,23-9-5-4-6-10-23)32(25)26-11-7-8-12-30(26)46-20-19-41/h4-17,27-29,31-32,38,41H,3,18-21H2,1-2H3/t27-,28+,29-,31-,32+,37+/m0/s1. The molecule has 3 fully saturated rings. The van der Waals surface area contributed by atoms with Crippen molar-refractivity contribution in [2.45, 2.75) is 38.0 Å². The van der Waals surface area contributed by atoms with Crippen molar-refractivity contribution in [1.29, 1.82) is 0 Å². The molecule has 2 aliphatic heterocycles. The van der Waals surface area contributed by atoms with Crippen LogP contribution < -0.4 is 10.2 Å². The Kier molecular flexibility index (Phi) is 7.51. The number of hydrazine groups is 1. The number of imide groups is 2. The molecule has 0 aromatic heterocycles. The average Bonchev–Trinajstić information content (AvgIpc) is 3.45. The van der Waals surface area contributed by atoms with Gasteiger partial charge >= 0.3 is 0 Å². The van der Waals surface area contributed by atoms with Gasteiger partial charge in [-0.05, 0) is 56.4 Å². The average molecular weight is 620 g/mol. The molecule has 3 aromatic carbocycles. The Balaban J connectivity index is 1.46. The van der Waals surface area contributed by atoms with Gasteiger partial charge in [-0.2, -0.15) is 5.01 Å². The van der Waals surface area contributed by atoms with Crippen molar-refractivity contribution in [2.24, 2.45) is 23.7 Å². The maximum Gasteiger partial charge on any atom is 0.260 e. The molecule has 9 nitrogen and oxygen atoms in total. The molecule has 2 aliphatic carbocycles. The van der Waals surface area contributed by atoms with Crippen LogP contribution in [-0.2, 0) is 24.6 Å². The molecule has 0 radical (unpaired) electrons. The molecular weight excluding hydrogens is 582 g/mol. The molecule has 46 heavy (non-hydrogen) atoms. The second-order valence-corrected chi connectivity index (χ2v) is 12.6. The first-order valence-electron chi connectivity index (χ1n) is 16.0. The summed E-state index contributed by atoms with van der Waals surface area (Å²) in [5, 5.41) is 10.8. The maximum absolute atomic E-state index is 15.2. The summed E-state index contributed by atoms with van der Waals surface area (Å²) in [7, 11) is 0. The highest BCUT2D eigenvalue weighted by Crippen LogP contribution is 2.64. The Morgan fingerprint density at radius 1 is 0.891 bits per heavy atom. The van der Waals surface area contributed by atoms with E-state index in [-0.39, 0.29) is 49.8 Å². The lowest BCUT2D eigenvalue weighted by molar-refractivity contribution is -0.141. The molecule has 2 N–H and O–H groups in total. The molecule has 4 amide bonds. The Bertz CT molecular complexity index is 1740. The zero-order chi connectivity index (χ0) is 32.2. The van der Waals surface area contributed by atoms with E-state index in [9.17, 15) is 19.5 Å². The van der Waals surface area contributed by atoms with Gasteiger partial charge in [0.1, 0.15) is 12.4 Å². The van der Waals surface area contributed by atoms with Gasteiger partial charge in [0.05, 0.1) is 35.5 Å². The van der Waals surface area contributed by atoms with Gasteiger partial charge in [-0.15, -0.1) is 0 Å². The number of hydrogen-bond acceptors (Lipinski definition) is 7. The van der Waals surface area contributed by atoms with E-state index >= 15 is 4.79 Å². The van der Waals surface area contributed by atoms with E-state index in [1.807, 2.05) is 85.8 Å². The molecule has 236 valence electrons. The summed E-state index contributed by atoms with van der Waals surface area (Å²) >= 11 is 0. The third-order valence-corrected chi connectivity index (χ3v) is 10.4. The predicted octanol–water partition coefficient (Wildman–Crippen LogP) is 4.37. The molecule has 6 atom stereocenters. The SMILES string of the molecule is CCN1C(=O)[C@H]2[C@H](CC=C3[C@H]2C[C@H]2C(=O)N(Nc4ccc(C)cc4)C(=O)[C@@]2(c2ccccc2)[C@H]3c2ccccc2OCCO)C1=O. The summed E-state index contributed by atoms with van der Waals surface area (Å²) in [6.07, 6.45) is 2.65. The quantitative estimate of drug-likeness (QED) is 0.284. The normalized spacial score (nSPS) is 28.5. The van der Waals surface area contributed by atoms with Crippen LogP contribution in [0.1, 0.15) is 42.4 Å². The summed E-state index contributed by atoms with van der Waals surface area (Å²) in [6, 6.07) is 24.3. The number of para-hydroxylation sites is 1. The molecule has 3 aromatic rings. The number of anilines is 1. The van der Waals surface area contributed by atoms with Crippen molar-refractivity contribution in [3.63, 3.8) is 0 Å². The van der Waals surface area contributed by atoms with Gasteiger partial charge in [0.2, 0.25) is 11.8 Å². The van der Waals surface area contributed by atoms with Gasteiger partial charge < -0.3 is 9.84 Å². The summed E-state index contributed by atoms with van der Waals surface area (Å²) in [5.41, 5.74) is 5.65. The van der Waals surface area contributed by atoms with Gasteiger partial charge in [0, 0.05) is 18.0 Å². The molecule has 0 unspecified atom stereocenters. The molecule has 2 heterocycles. The Labute approximate surface area is 267 Å². The fourth-order valence-corrected chi connectivity index (χ4v) is 8.47. The molecule has 2 saturated heterocycles. The summed E-state index contributed by atoms with van der Waals surface area (Å²) in [6.45, 7) is 3.90. The first-order chi connectivity index (χ1) is 22.3. The number of likely N-dealkylation sites (tertiary alicyclic amines) is 1. The number of allylic oxidation sites excluding steroid dienone is 2. The van der Waals surface area contributed by atoms with Crippen LogP contribution in [0, 0.1) is 30.6 Å². The van der Waals surface area contributed by atoms with E-state index in [4.69, 9.17) is 4.74 Å². The zero-order valence-corrected chi connectivity index (χ0v) is 25.9. The molecular formula is C37H37N3O6. The highest BCUT2D eigenvalue weighted by molar-refractivity contribution is 6.13. The van der Waals surface area contributed by atoms with Crippen LogP contribution in [0.4, 0.5) is 5.69 Å². The number of fused-ring (bicyclic) bond motifs is 4. The van der Waals surface area contributed by atoms with Crippen molar-refractivity contribution < 1.29 is 29.0 Å². The Hall–Kier alpha value is -4.76. The van der Waals surface area contributed by atoms with Gasteiger partial charge in [0.25, 0.3) is 11.8 Å². The summed E-state index contributed by atoms with van der Waals surface area (Å²) in [5.74, 6) is -3.72. The topological polar surface area (TPSA) is 116 Å². The molecule has 4 aliphatic rings. The summed E-state index contributed by atoms with van der Waals surface area (Å²) < 4.78 is 6.07. The third kappa shape index (κ3) is 4.32. The van der Waals surface area contributed by atoms with E-state index in [1.54, 1.807) is 13.0 Å². The lowest BCUT2D eigenvalue weighted by atomic mass is 9.49. The highest BCUT2D eigenvalue weighted by atomic mass is 16.5. The fraction of sp³-hybridized carbons (Fsp3) is 0.351. The van der Waals surface area contributed by atoms with E-state index in [0.717, 1.165) is 16.1 Å². The largest absolute Gasteiger partial charge is 0.491 e. The van der Waals surface area contributed by atoms with Crippen LogP contribution in [0.3, 0.4) is 0 Å². The minimum absolute atomic E-state index is 0.0467. The first-order valence-corrected chi connectivity index (χ1v) is 16.0. The molecule has 1 saturated carbocycles. The van der Waals surface area contributed by atoms with Gasteiger partial charge in [-0.25, -0.2) is 0 Å². The van der Waals surface area contributed by atoms with Crippen molar-refractivity contribution in [3.05, 3.63) is 107 Å². The lowest BCUT2D eigenvalue weighted by Gasteiger charge is -2.50. The van der Waals surface area contributed by atoms with Crippen LogP contribution in [-0.4, -0.2) is 58.4 Å². The number of ether oxygens (including phenoxy) is 1. The van der Waals surface area contributed by atoms with Crippen LogP contribution in [0.2, 0.25) is 0 Å². The van der Waals surface area contributed by atoms with E-state index in [0.29, 0.717) is 29.0 Å². The minimum Gasteiger partial charge on any atom is -0.491 e. The number of rotatable bonds is 8. The summed E-state index contributed by atoms with van der Waals surface area (Å²) in [4.78, 5) is 58.4. The highest BCUT2D eigenvalue weighted by Gasteiger charge is 2.70. The van der Waals surface area contributed by atoms with E-state index < -0.39 is 35.0 Å². The van der Waals surface area contributed by atoms with Gasteiger partial charge in [-0.1, -0.05) is 77.9 Å². The number of nitrogens with zero attached hydrogens (tertiary/aromatic N) is 2. The minimum atomic E-state index is -1.38. The third-order valence-electron chi connectivity index (χ3n) is 10.4. The zero-order valence-electron chi connectivity index (χ0n) is 25.9. The van der Waals surface area contributed by atoms with E-state index in [2.05, 4.69) is 5.43 Å². The number of aliphatic hydroxyl groups excluding tert-OH is 1. The number of hydrogen-bond donors (Lipinski definition) is 2. The second-order valence-electron chi connectivity index (χ2n) is 12.6. The van der Waals surface area contributed by atoms with E-state index in [1.165, 1.54) is 4.90 Å². The van der Waals surface area contributed by atoms with Crippen LogP contribution in [0.15, 0.2) is 90.5 Å². The number of aryl methyl sites for hydroxylation is 1. The number of nitrogens with one attached hydrogen (secondary N) is 1. The number of carbonyl (C=O) groups is 4. The number of carbonyl (C=O) groups excluding carboxylic acids is 4.